The number of rotatable bonds is 2. The first-order valence-corrected chi connectivity index (χ1v) is 9.02. The molecule has 8 nitrogen and oxygen atoms in total. The van der Waals surface area contributed by atoms with E-state index in [2.05, 4.69) is 0 Å². The van der Waals surface area contributed by atoms with Crippen molar-refractivity contribution < 1.29 is 38.5 Å². The number of carbonyl (C=O) groups is 4. The van der Waals surface area contributed by atoms with Crippen LogP contribution in [0.4, 0.5) is 0 Å². The lowest BCUT2D eigenvalue weighted by atomic mass is 9.96. The average molecular weight is 392 g/mol. The van der Waals surface area contributed by atoms with Crippen LogP contribution in [0.2, 0.25) is 0 Å². The van der Waals surface area contributed by atoms with Gasteiger partial charge >= 0.3 is 5.97 Å². The van der Waals surface area contributed by atoms with Gasteiger partial charge in [-0.3, -0.25) is 14.4 Å². The lowest BCUT2D eigenvalue weighted by Crippen LogP contribution is -2.33. The number of fused-ring (bicyclic) bond motifs is 1. The van der Waals surface area contributed by atoms with E-state index in [0.717, 1.165) is 0 Å². The van der Waals surface area contributed by atoms with Crippen molar-refractivity contribution in [1.82, 2.24) is 0 Å². The number of Topliss-reactive ketones (excluding diaryl/α,β-unsaturated/α-hetero) is 3. The summed E-state index contributed by atoms with van der Waals surface area (Å²) in [4.78, 5) is 48.6. The molecule has 0 fully saturated rings. The van der Waals surface area contributed by atoms with Crippen molar-refractivity contribution in [2.45, 2.75) is 51.2 Å². The Morgan fingerprint density at radius 2 is 1.71 bits per heavy atom. The van der Waals surface area contributed by atoms with Crippen LogP contribution < -0.4 is 4.74 Å². The van der Waals surface area contributed by atoms with Crippen LogP contribution in [0.3, 0.4) is 0 Å². The largest absolute Gasteiger partial charge is 0.507 e. The van der Waals surface area contributed by atoms with Gasteiger partial charge in [-0.15, -0.1) is 0 Å². The van der Waals surface area contributed by atoms with E-state index in [1.54, 1.807) is 13.0 Å². The molecular weight excluding hydrogens is 368 g/mol. The second kappa shape index (κ2) is 9.45. The van der Waals surface area contributed by atoms with Crippen molar-refractivity contribution in [3.8, 4) is 11.5 Å². The summed E-state index contributed by atoms with van der Waals surface area (Å²) in [6.07, 6.45) is -1.16. The number of esters is 1. The van der Waals surface area contributed by atoms with Gasteiger partial charge in [-0.25, -0.2) is 4.79 Å². The molecule has 0 saturated carbocycles. The third-order valence-electron chi connectivity index (χ3n) is 4.74. The Balaban J connectivity index is 2.42. The average Bonchev–Trinajstić information content (AvgIpc) is 2.66. The molecule has 152 valence electrons. The Bertz CT molecular complexity index is 783. The molecule has 1 aliphatic heterocycles. The highest BCUT2D eigenvalue weighted by Crippen LogP contribution is 2.30. The number of aromatic hydroxyl groups is 1. The van der Waals surface area contributed by atoms with E-state index in [4.69, 9.17) is 14.2 Å². The molecule has 1 heterocycles. The minimum Gasteiger partial charge on any atom is -0.507 e. The van der Waals surface area contributed by atoms with Crippen molar-refractivity contribution in [3.63, 3.8) is 0 Å². The van der Waals surface area contributed by atoms with Crippen LogP contribution in [0, 0.1) is 0 Å². The molecule has 28 heavy (non-hydrogen) atoms. The first-order valence-electron chi connectivity index (χ1n) is 9.02. The topological polar surface area (TPSA) is 116 Å². The molecular formula is C20H24O8. The van der Waals surface area contributed by atoms with Crippen molar-refractivity contribution in [3.05, 3.63) is 23.3 Å². The van der Waals surface area contributed by atoms with Crippen LogP contribution in [0.15, 0.2) is 12.1 Å². The van der Waals surface area contributed by atoms with E-state index in [-0.39, 0.29) is 43.4 Å². The van der Waals surface area contributed by atoms with E-state index in [0.29, 0.717) is 11.3 Å². The Kier molecular flexibility index (Phi) is 7.28. The van der Waals surface area contributed by atoms with Crippen molar-refractivity contribution in [2.75, 3.05) is 14.2 Å². The zero-order chi connectivity index (χ0) is 20.8. The Morgan fingerprint density at radius 1 is 1.04 bits per heavy atom. The van der Waals surface area contributed by atoms with Gasteiger partial charge < -0.3 is 19.3 Å². The van der Waals surface area contributed by atoms with Crippen molar-refractivity contribution in [2.24, 2.45) is 0 Å². The Morgan fingerprint density at radius 3 is 2.36 bits per heavy atom. The smallest absolute Gasteiger partial charge is 0.342 e. The second-order valence-electron chi connectivity index (χ2n) is 6.63. The zero-order valence-electron chi connectivity index (χ0n) is 16.1. The fourth-order valence-corrected chi connectivity index (χ4v) is 3.15. The molecule has 8 heteroatoms. The molecule has 1 aliphatic rings. The molecule has 0 amide bonds. The number of carbonyl (C=O) groups excluding carboxylic acids is 4. The zero-order valence-corrected chi connectivity index (χ0v) is 16.1. The lowest BCUT2D eigenvalue weighted by Gasteiger charge is -2.23. The maximum atomic E-state index is 12.7. The second-order valence-corrected chi connectivity index (χ2v) is 6.63. The molecule has 0 spiro atoms. The fraction of sp³-hybridized carbons (Fsp3) is 0.500. The van der Waals surface area contributed by atoms with Crippen molar-refractivity contribution >= 4 is 23.3 Å². The van der Waals surface area contributed by atoms with E-state index in [1.807, 2.05) is 0 Å². The first-order chi connectivity index (χ1) is 13.3. The molecule has 2 rings (SSSR count). The summed E-state index contributed by atoms with van der Waals surface area (Å²) in [5.74, 6) is -3.26. The molecule has 0 unspecified atom stereocenters. The van der Waals surface area contributed by atoms with Gasteiger partial charge in [0.1, 0.15) is 23.2 Å². The van der Waals surface area contributed by atoms with Gasteiger partial charge in [-0.1, -0.05) is 0 Å². The number of phenols is 1. The predicted molar refractivity (Wildman–Crippen MR) is 97.5 cm³/mol. The number of cyclic esters (lactones) is 1. The van der Waals surface area contributed by atoms with Gasteiger partial charge in [0.15, 0.2) is 0 Å². The quantitative estimate of drug-likeness (QED) is 0.598. The standard InChI is InChI=1S/C20H24O8/c1-11-17(27-3)8-7-15(22)19(24)14(21)6-4-5-12-9-13(26-2)10-16(23)18(12)20(25)28-11/h9-11,17,23H,4-8H2,1-3H3/t11-,17-/m0/s1. The van der Waals surface area contributed by atoms with Crippen LogP contribution in [0.25, 0.3) is 0 Å². The van der Waals surface area contributed by atoms with Crippen LogP contribution in [0.1, 0.15) is 48.5 Å². The minimum absolute atomic E-state index is 0.0191. The highest BCUT2D eigenvalue weighted by molar-refractivity contribution is 6.63. The Labute approximate surface area is 162 Å². The summed E-state index contributed by atoms with van der Waals surface area (Å²) in [6.45, 7) is 1.59. The number of phenolic OH excluding ortho intramolecular Hbond substituents is 1. The minimum atomic E-state index is -1.02. The number of methoxy groups -OCH3 is 2. The third kappa shape index (κ3) is 4.95. The maximum Gasteiger partial charge on any atom is 0.342 e. The van der Waals surface area contributed by atoms with Crippen LogP contribution in [-0.2, 0) is 30.3 Å². The molecule has 0 aliphatic carbocycles. The third-order valence-corrected chi connectivity index (χ3v) is 4.74. The molecule has 1 aromatic carbocycles. The van der Waals surface area contributed by atoms with Crippen LogP contribution in [-0.4, -0.2) is 54.9 Å². The fourth-order valence-electron chi connectivity index (χ4n) is 3.15. The first kappa shape index (κ1) is 21.6. The van der Waals surface area contributed by atoms with Gasteiger partial charge in [0.2, 0.25) is 11.6 Å². The molecule has 1 aromatic rings. The molecule has 1 N–H and O–H groups in total. The normalized spacial score (nSPS) is 22.2. The summed E-state index contributed by atoms with van der Waals surface area (Å²) < 4.78 is 15.8. The van der Waals surface area contributed by atoms with Gasteiger partial charge in [0.05, 0.1) is 13.2 Å². The highest BCUT2D eigenvalue weighted by Gasteiger charge is 2.29. The Hall–Kier alpha value is -2.74. The monoisotopic (exact) mass is 392 g/mol. The molecule has 0 radical (unpaired) electrons. The SMILES string of the molecule is COc1cc(O)c2c(c1)CCCC(=O)C(=O)C(=O)CC[C@H](OC)[C@H](C)OC2=O. The summed E-state index contributed by atoms with van der Waals surface area (Å²) in [5.41, 5.74) is 0.404. The molecule has 0 bridgehead atoms. The number of hydrogen-bond acceptors (Lipinski definition) is 8. The summed E-state index contributed by atoms with van der Waals surface area (Å²) >= 11 is 0. The van der Waals surface area contributed by atoms with E-state index in [9.17, 15) is 24.3 Å². The molecule has 2 atom stereocenters. The summed E-state index contributed by atoms with van der Waals surface area (Å²) in [6, 6.07) is 2.87. The van der Waals surface area contributed by atoms with Crippen molar-refractivity contribution in [1.29, 1.82) is 0 Å². The van der Waals surface area contributed by atoms with Gasteiger partial charge in [-0.05, 0) is 37.8 Å². The number of hydrogen-bond donors (Lipinski definition) is 1. The number of benzene rings is 1. The van der Waals surface area contributed by atoms with E-state index < -0.39 is 35.5 Å². The molecule has 0 aromatic heterocycles. The van der Waals surface area contributed by atoms with Crippen LogP contribution in [0.5, 0.6) is 11.5 Å². The summed E-state index contributed by atoms with van der Waals surface area (Å²) in [5, 5.41) is 10.3. The van der Waals surface area contributed by atoms with E-state index >= 15 is 0 Å². The number of ether oxygens (including phenoxy) is 3. The van der Waals surface area contributed by atoms with Gasteiger partial charge in [-0.2, -0.15) is 0 Å². The van der Waals surface area contributed by atoms with Crippen LogP contribution >= 0.6 is 0 Å². The van der Waals surface area contributed by atoms with Gasteiger partial charge in [0.25, 0.3) is 5.78 Å². The highest BCUT2D eigenvalue weighted by atomic mass is 16.6. The van der Waals surface area contributed by atoms with E-state index in [1.165, 1.54) is 20.3 Å². The maximum absolute atomic E-state index is 12.7. The predicted octanol–water partition coefficient (Wildman–Crippen LogP) is 1.78. The molecule has 0 saturated heterocycles. The number of ketones is 3. The van der Waals surface area contributed by atoms with Gasteiger partial charge in [0, 0.05) is 26.0 Å². The number of aryl methyl sites for hydroxylation is 1. The summed E-state index contributed by atoms with van der Waals surface area (Å²) in [7, 11) is 2.81. The lowest BCUT2D eigenvalue weighted by molar-refractivity contribution is -0.144.